The van der Waals surface area contributed by atoms with Crippen molar-refractivity contribution in [3.63, 3.8) is 0 Å². The van der Waals surface area contributed by atoms with Crippen molar-refractivity contribution < 1.29 is 14.3 Å². The molecule has 3 rings (SSSR count). The van der Waals surface area contributed by atoms with E-state index >= 15 is 0 Å². The third kappa shape index (κ3) is 7.48. The maximum atomic E-state index is 12.9. The molecule has 1 heterocycles. The number of esters is 1. The number of carbonyl (C=O) groups excluding carboxylic acids is 2. The van der Waals surface area contributed by atoms with Gasteiger partial charge in [0, 0.05) is 24.9 Å². The average Bonchev–Trinajstić information content (AvgIpc) is 2.84. The molecular formula is C28H36N2O3. The maximum Gasteiger partial charge on any atom is 0.330 e. The largest absolute Gasteiger partial charge is 0.463 e. The molecule has 2 aromatic rings. The predicted octanol–water partition coefficient (Wildman–Crippen LogP) is 5.45. The lowest BCUT2D eigenvalue weighted by Crippen LogP contribution is -2.34. The minimum atomic E-state index is -0.354. The van der Waals surface area contributed by atoms with Crippen molar-refractivity contribution in [2.75, 3.05) is 24.6 Å². The summed E-state index contributed by atoms with van der Waals surface area (Å²) in [7, 11) is 0. The number of hydrogen-bond donors (Lipinski definition) is 1. The number of hydrogen-bond acceptors (Lipinski definition) is 4. The fourth-order valence-electron chi connectivity index (χ4n) is 4.33. The molecule has 1 unspecified atom stereocenters. The molecule has 1 amide bonds. The number of benzene rings is 2. The normalized spacial score (nSPS) is 14.8. The Balaban J connectivity index is 1.65. The number of nitrogens with one attached hydrogen (secondary N) is 1. The lowest BCUT2D eigenvalue weighted by atomic mass is 9.98. The van der Waals surface area contributed by atoms with Crippen LogP contribution in [0.15, 0.2) is 54.6 Å². The summed E-state index contributed by atoms with van der Waals surface area (Å²) in [5.74, 6) is -0.329. The highest BCUT2D eigenvalue weighted by Gasteiger charge is 2.21. The van der Waals surface area contributed by atoms with E-state index in [1.807, 2.05) is 24.3 Å². The van der Waals surface area contributed by atoms with E-state index in [0.717, 1.165) is 37.1 Å². The van der Waals surface area contributed by atoms with Crippen LogP contribution in [-0.2, 0) is 20.7 Å². The number of para-hydroxylation sites is 1. The molecule has 0 saturated carbocycles. The Labute approximate surface area is 197 Å². The highest BCUT2D eigenvalue weighted by molar-refractivity contribution is 5.87. The summed E-state index contributed by atoms with van der Waals surface area (Å²) >= 11 is 0. The summed E-state index contributed by atoms with van der Waals surface area (Å²) < 4.78 is 4.90. The summed E-state index contributed by atoms with van der Waals surface area (Å²) in [4.78, 5) is 26.9. The molecule has 1 aliphatic heterocycles. The van der Waals surface area contributed by atoms with Crippen LogP contribution in [0.1, 0.15) is 68.7 Å². The van der Waals surface area contributed by atoms with E-state index in [9.17, 15) is 9.59 Å². The van der Waals surface area contributed by atoms with Crippen molar-refractivity contribution in [2.24, 2.45) is 0 Å². The van der Waals surface area contributed by atoms with Crippen LogP contribution in [0.25, 0.3) is 6.08 Å². The van der Waals surface area contributed by atoms with Crippen LogP contribution in [-0.4, -0.2) is 31.6 Å². The minimum Gasteiger partial charge on any atom is -0.463 e. The van der Waals surface area contributed by atoms with Crippen molar-refractivity contribution in [3.05, 3.63) is 71.3 Å². The highest BCUT2D eigenvalue weighted by Crippen LogP contribution is 2.31. The number of ether oxygens (including phenoxy) is 1. The number of amides is 1. The molecule has 0 spiro atoms. The molecule has 1 N–H and O–H groups in total. The monoisotopic (exact) mass is 448 g/mol. The molecular weight excluding hydrogens is 412 g/mol. The van der Waals surface area contributed by atoms with Gasteiger partial charge in [-0.3, -0.25) is 4.79 Å². The lowest BCUT2D eigenvalue weighted by molar-refractivity contribution is -0.137. The lowest BCUT2D eigenvalue weighted by Gasteiger charge is -2.32. The van der Waals surface area contributed by atoms with Crippen molar-refractivity contribution in [2.45, 2.75) is 58.4 Å². The molecule has 1 saturated heterocycles. The summed E-state index contributed by atoms with van der Waals surface area (Å²) in [5.41, 5.74) is 4.31. The number of piperidine rings is 1. The number of rotatable bonds is 10. The Morgan fingerprint density at radius 1 is 1.03 bits per heavy atom. The van der Waals surface area contributed by atoms with E-state index < -0.39 is 0 Å². The molecule has 2 aromatic carbocycles. The van der Waals surface area contributed by atoms with Gasteiger partial charge in [0.25, 0.3) is 0 Å². The smallest absolute Gasteiger partial charge is 0.330 e. The maximum absolute atomic E-state index is 12.9. The predicted molar refractivity (Wildman–Crippen MR) is 134 cm³/mol. The van der Waals surface area contributed by atoms with Crippen LogP contribution >= 0.6 is 0 Å². The van der Waals surface area contributed by atoms with Gasteiger partial charge >= 0.3 is 5.97 Å². The van der Waals surface area contributed by atoms with Gasteiger partial charge in [0.15, 0.2) is 0 Å². The quantitative estimate of drug-likeness (QED) is 0.388. The fraction of sp³-hybridized carbons (Fsp3) is 0.429. The summed E-state index contributed by atoms with van der Waals surface area (Å²) in [5, 5.41) is 3.29. The van der Waals surface area contributed by atoms with Crippen molar-refractivity contribution in [3.8, 4) is 0 Å². The zero-order valence-electron chi connectivity index (χ0n) is 19.9. The summed E-state index contributed by atoms with van der Waals surface area (Å²) in [6.07, 6.45) is 9.12. The molecule has 1 atom stereocenters. The van der Waals surface area contributed by atoms with Crippen molar-refractivity contribution >= 4 is 23.6 Å². The van der Waals surface area contributed by atoms with Crippen molar-refractivity contribution in [1.82, 2.24) is 5.32 Å². The first-order valence-corrected chi connectivity index (χ1v) is 12.2. The Hall–Kier alpha value is -3.08. The Morgan fingerprint density at radius 2 is 1.76 bits per heavy atom. The van der Waals surface area contributed by atoms with Crippen LogP contribution in [0.4, 0.5) is 5.69 Å². The molecule has 0 radical (unpaired) electrons. The van der Waals surface area contributed by atoms with E-state index in [2.05, 4.69) is 41.4 Å². The van der Waals surface area contributed by atoms with Crippen LogP contribution in [0.5, 0.6) is 0 Å². The zero-order chi connectivity index (χ0) is 23.5. The number of anilines is 1. The van der Waals surface area contributed by atoms with Gasteiger partial charge in [-0.15, -0.1) is 0 Å². The first-order valence-electron chi connectivity index (χ1n) is 12.2. The van der Waals surface area contributed by atoms with Crippen molar-refractivity contribution in [1.29, 1.82) is 0 Å². The SMILES string of the molecule is CCCC(NC(=O)Cc1ccc(C=CC(=O)OCC)cc1)c1ccccc1N1CCCCC1. The average molecular weight is 449 g/mol. The second-order valence-corrected chi connectivity index (χ2v) is 8.52. The Kier molecular flexibility index (Phi) is 9.55. The Morgan fingerprint density at radius 3 is 2.45 bits per heavy atom. The summed E-state index contributed by atoms with van der Waals surface area (Å²) in [6, 6.07) is 16.2. The standard InChI is InChI=1S/C28H36N2O3/c1-3-10-25(24-11-6-7-12-26(24)30-19-8-5-9-20-30)29-27(31)21-23-15-13-22(14-16-23)17-18-28(32)33-4-2/h6-7,11-18,25H,3-5,8-10,19-21H2,1-2H3,(H,29,31). The van der Waals surface area contributed by atoms with Crippen LogP contribution in [0.2, 0.25) is 0 Å². The second-order valence-electron chi connectivity index (χ2n) is 8.52. The van der Waals surface area contributed by atoms with Gasteiger partial charge in [-0.25, -0.2) is 4.79 Å². The molecule has 5 heteroatoms. The molecule has 0 aromatic heterocycles. The fourth-order valence-corrected chi connectivity index (χ4v) is 4.33. The highest BCUT2D eigenvalue weighted by atomic mass is 16.5. The molecule has 1 aliphatic rings. The number of nitrogens with zero attached hydrogens (tertiary/aromatic N) is 1. The van der Waals surface area contributed by atoms with Gasteiger partial charge in [-0.1, -0.05) is 55.8 Å². The minimum absolute atomic E-state index is 0.00686. The van der Waals surface area contributed by atoms with Gasteiger partial charge in [0.1, 0.15) is 0 Å². The number of carbonyl (C=O) groups is 2. The van der Waals surface area contributed by atoms with Crippen LogP contribution in [0.3, 0.4) is 0 Å². The molecule has 176 valence electrons. The second kappa shape index (κ2) is 12.8. The third-order valence-electron chi connectivity index (χ3n) is 5.96. The van der Waals surface area contributed by atoms with E-state index in [1.165, 1.54) is 36.6 Å². The van der Waals surface area contributed by atoms with E-state index in [-0.39, 0.29) is 17.9 Å². The van der Waals surface area contributed by atoms with Gasteiger partial charge in [-0.05, 0) is 61.4 Å². The van der Waals surface area contributed by atoms with Gasteiger partial charge < -0.3 is 15.0 Å². The van der Waals surface area contributed by atoms with E-state index in [0.29, 0.717) is 13.0 Å². The first kappa shape index (κ1) is 24.6. The summed E-state index contributed by atoms with van der Waals surface area (Å²) in [6.45, 7) is 6.47. The zero-order valence-corrected chi connectivity index (χ0v) is 19.9. The van der Waals surface area contributed by atoms with Crippen LogP contribution in [0, 0.1) is 0 Å². The topological polar surface area (TPSA) is 58.6 Å². The third-order valence-corrected chi connectivity index (χ3v) is 5.96. The van der Waals surface area contributed by atoms with Crippen LogP contribution < -0.4 is 10.2 Å². The van der Waals surface area contributed by atoms with E-state index in [4.69, 9.17) is 4.74 Å². The first-order chi connectivity index (χ1) is 16.1. The molecule has 33 heavy (non-hydrogen) atoms. The Bertz CT molecular complexity index is 930. The van der Waals surface area contributed by atoms with Gasteiger partial charge in [-0.2, -0.15) is 0 Å². The molecule has 1 fully saturated rings. The van der Waals surface area contributed by atoms with Gasteiger partial charge in [0.2, 0.25) is 5.91 Å². The van der Waals surface area contributed by atoms with Gasteiger partial charge in [0.05, 0.1) is 19.1 Å². The molecule has 0 aliphatic carbocycles. The molecule has 0 bridgehead atoms. The molecule has 5 nitrogen and oxygen atoms in total. The van der Waals surface area contributed by atoms with E-state index in [1.54, 1.807) is 13.0 Å².